The molecule has 6 heteroatoms. The summed E-state index contributed by atoms with van der Waals surface area (Å²) in [5.74, 6) is 0. The number of hydrogen-bond acceptors (Lipinski definition) is 1. The molecule has 58 valence electrons. The predicted molar refractivity (Wildman–Crippen MR) is 17.4 cm³/mol. The molecule has 0 radical (unpaired) electrons. The molecule has 0 aliphatic heterocycles. The largest absolute Gasteiger partial charge is 4.00 e. The summed E-state index contributed by atoms with van der Waals surface area (Å²) in [4.78, 5) is 0. The average molecular weight is 250 g/mol. The molecule has 0 aromatic heterocycles. The molecular weight excluding hydrogens is 242 g/mol. The second-order valence-electron chi connectivity index (χ2n) is 0.724. The molecule has 9 heavy (non-hydrogen) atoms. The monoisotopic (exact) mass is 248 g/mol. The van der Waals surface area contributed by atoms with Gasteiger partial charge in [-0.25, -0.2) is 0 Å². The fraction of sp³-hybridized carbons (Fsp3) is 1.00. The third-order valence-electron chi connectivity index (χ3n) is 0.224. The van der Waals surface area contributed by atoms with E-state index in [0.29, 0.717) is 6.61 Å². The third kappa shape index (κ3) is 75.1. The smallest absolute Gasteiger partial charge is 1.00 e. The van der Waals surface area contributed by atoms with E-state index in [0.717, 1.165) is 6.42 Å². The Bertz CT molecular complexity index is 17.8. The van der Waals surface area contributed by atoms with Gasteiger partial charge in [-0.3, -0.25) is 0 Å². The second-order valence-corrected chi connectivity index (χ2v) is 0.724. The fourth-order valence-electron chi connectivity index (χ4n) is 0. The van der Waals surface area contributed by atoms with E-state index in [1.807, 2.05) is 6.92 Å². The Kier molecular flexibility index (Phi) is 260. The molecular formula is C3H8Cl4OTi. The van der Waals surface area contributed by atoms with Crippen LogP contribution < -0.4 is 49.6 Å². The topological polar surface area (TPSA) is 20.2 Å². The molecule has 1 N–H and O–H groups in total. The van der Waals surface area contributed by atoms with E-state index in [4.69, 9.17) is 5.11 Å². The molecule has 0 amide bonds. The van der Waals surface area contributed by atoms with Crippen molar-refractivity contribution < 1.29 is 76.5 Å². The molecule has 0 aromatic rings. The molecule has 0 atom stereocenters. The van der Waals surface area contributed by atoms with Crippen molar-refractivity contribution in [1.29, 1.82) is 0 Å². The summed E-state index contributed by atoms with van der Waals surface area (Å²) < 4.78 is 0. The first kappa shape index (κ1) is 44.8. The van der Waals surface area contributed by atoms with Gasteiger partial charge in [0.25, 0.3) is 0 Å². The maximum absolute atomic E-state index is 7.88. The van der Waals surface area contributed by atoms with Gasteiger partial charge in [-0.2, -0.15) is 0 Å². The summed E-state index contributed by atoms with van der Waals surface area (Å²) in [7, 11) is 0. The molecule has 0 bridgehead atoms. The van der Waals surface area contributed by atoms with E-state index in [1.165, 1.54) is 0 Å². The van der Waals surface area contributed by atoms with Crippen LogP contribution in [0.25, 0.3) is 0 Å². The Morgan fingerprint density at radius 3 is 1.11 bits per heavy atom. The summed E-state index contributed by atoms with van der Waals surface area (Å²) in [6, 6.07) is 0. The van der Waals surface area contributed by atoms with Gasteiger partial charge in [-0.15, -0.1) is 0 Å². The summed E-state index contributed by atoms with van der Waals surface area (Å²) in [6.07, 6.45) is 0.875. The first-order valence-corrected chi connectivity index (χ1v) is 1.52. The second kappa shape index (κ2) is 52.2. The number of aliphatic hydroxyl groups is 1. The Morgan fingerprint density at radius 2 is 1.11 bits per heavy atom. The van der Waals surface area contributed by atoms with Gasteiger partial charge in [-0.05, 0) is 6.42 Å². The van der Waals surface area contributed by atoms with Crippen molar-refractivity contribution in [3.8, 4) is 0 Å². The van der Waals surface area contributed by atoms with Crippen molar-refractivity contribution in [3.63, 3.8) is 0 Å². The molecule has 0 unspecified atom stereocenters. The number of halogens is 4. The van der Waals surface area contributed by atoms with E-state index < -0.39 is 0 Å². The van der Waals surface area contributed by atoms with Crippen LogP contribution in [-0.4, -0.2) is 11.7 Å². The Morgan fingerprint density at radius 1 is 1.00 bits per heavy atom. The van der Waals surface area contributed by atoms with Crippen molar-refractivity contribution in [2.24, 2.45) is 0 Å². The molecule has 1 nitrogen and oxygen atoms in total. The first-order valence-electron chi connectivity index (χ1n) is 1.52. The van der Waals surface area contributed by atoms with Gasteiger partial charge in [0, 0.05) is 6.61 Å². The molecule has 0 aromatic carbocycles. The molecule has 0 heterocycles. The van der Waals surface area contributed by atoms with Crippen molar-refractivity contribution in [2.75, 3.05) is 6.61 Å². The minimum atomic E-state index is 0. The van der Waals surface area contributed by atoms with Crippen LogP contribution in [0.5, 0.6) is 0 Å². The third-order valence-corrected chi connectivity index (χ3v) is 0.224. The molecule has 0 aliphatic rings. The molecule has 0 saturated carbocycles. The Labute approximate surface area is 95.9 Å². The van der Waals surface area contributed by atoms with Crippen molar-refractivity contribution >= 4 is 0 Å². The summed E-state index contributed by atoms with van der Waals surface area (Å²) in [5.41, 5.74) is 0. The average Bonchev–Trinajstić information content (AvgIpc) is 1.37. The number of aliphatic hydroxyl groups excluding tert-OH is 1. The number of rotatable bonds is 1. The van der Waals surface area contributed by atoms with Crippen LogP contribution in [0, 0.1) is 0 Å². The quantitative estimate of drug-likeness (QED) is 0.458. The van der Waals surface area contributed by atoms with Gasteiger partial charge in [0.2, 0.25) is 0 Å². The zero-order valence-corrected chi connectivity index (χ0v) is 9.46. The van der Waals surface area contributed by atoms with E-state index in [9.17, 15) is 0 Å². The van der Waals surface area contributed by atoms with Crippen molar-refractivity contribution in [1.82, 2.24) is 0 Å². The molecule has 0 rings (SSSR count). The standard InChI is InChI=1S/C3H8O.4ClH.Ti/c1-2-3-4;;;;;/h4H,2-3H2,1H3;4*1H;/q;;;;;+4/p-4. The van der Waals surface area contributed by atoms with Crippen LogP contribution in [0.3, 0.4) is 0 Å². The summed E-state index contributed by atoms with van der Waals surface area (Å²) in [6.45, 7) is 2.25. The van der Waals surface area contributed by atoms with Crippen LogP contribution in [0.2, 0.25) is 0 Å². The van der Waals surface area contributed by atoms with Crippen molar-refractivity contribution in [2.45, 2.75) is 13.3 Å². The zero-order chi connectivity index (χ0) is 3.41. The SMILES string of the molecule is CCCO.[Cl-].[Cl-].[Cl-].[Cl-].[Ti+4]. The Balaban J connectivity index is -0.00000000450. The molecule has 0 saturated heterocycles. The minimum absolute atomic E-state index is 0. The van der Waals surface area contributed by atoms with Gasteiger partial charge in [-0.1, -0.05) is 6.92 Å². The molecule has 0 aliphatic carbocycles. The molecule has 0 spiro atoms. The van der Waals surface area contributed by atoms with Crippen LogP contribution in [-0.2, 0) is 21.7 Å². The number of hydrogen-bond donors (Lipinski definition) is 1. The van der Waals surface area contributed by atoms with Crippen molar-refractivity contribution in [3.05, 3.63) is 0 Å². The van der Waals surface area contributed by atoms with Gasteiger partial charge in [0.05, 0.1) is 0 Å². The van der Waals surface area contributed by atoms with E-state index in [1.54, 1.807) is 0 Å². The normalized spacial score (nSPS) is 3.33. The summed E-state index contributed by atoms with van der Waals surface area (Å²) >= 11 is 0. The van der Waals surface area contributed by atoms with Crippen LogP contribution in [0.1, 0.15) is 13.3 Å². The zero-order valence-electron chi connectivity index (χ0n) is 4.87. The van der Waals surface area contributed by atoms with Crippen LogP contribution in [0.15, 0.2) is 0 Å². The van der Waals surface area contributed by atoms with Gasteiger partial charge in [0.1, 0.15) is 0 Å². The van der Waals surface area contributed by atoms with Crippen LogP contribution >= 0.6 is 0 Å². The Hall–Kier alpha value is 1.83. The maximum Gasteiger partial charge on any atom is 4.00 e. The first-order chi connectivity index (χ1) is 1.91. The van der Waals surface area contributed by atoms with Gasteiger partial charge < -0.3 is 54.7 Å². The van der Waals surface area contributed by atoms with Gasteiger partial charge >= 0.3 is 21.7 Å². The van der Waals surface area contributed by atoms with Gasteiger partial charge in [0.15, 0.2) is 0 Å². The molecule has 0 fully saturated rings. The van der Waals surface area contributed by atoms with E-state index in [-0.39, 0.29) is 71.3 Å². The minimum Gasteiger partial charge on any atom is -1.00 e. The van der Waals surface area contributed by atoms with Crippen LogP contribution in [0.4, 0.5) is 0 Å². The van der Waals surface area contributed by atoms with E-state index >= 15 is 0 Å². The fourth-order valence-corrected chi connectivity index (χ4v) is 0. The van der Waals surface area contributed by atoms with E-state index in [2.05, 4.69) is 0 Å². The summed E-state index contributed by atoms with van der Waals surface area (Å²) in [5, 5.41) is 7.88. The predicted octanol–water partition coefficient (Wildman–Crippen LogP) is -11.6. The maximum atomic E-state index is 7.88.